The summed E-state index contributed by atoms with van der Waals surface area (Å²) in [5, 5.41) is 0. The number of ketones is 1. The van der Waals surface area contributed by atoms with E-state index < -0.39 is 0 Å². The number of hydrogen-bond donors (Lipinski definition) is 0. The van der Waals surface area contributed by atoms with Gasteiger partial charge in [-0.05, 0) is 13.8 Å². The summed E-state index contributed by atoms with van der Waals surface area (Å²) in [5.41, 5.74) is 0. The Kier molecular flexibility index (Phi) is 2.34. The molecule has 0 bridgehead atoms. The molecule has 3 nitrogen and oxygen atoms in total. The number of likely N-dealkylation sites (tertiary alicyclic amines) is 1. The van der Waals surface area contributed by atoms with Crippen molar-refractivity contribution in [1.29, 1.82) is 0 Å². The van der Waals surface area contributed by atoms with E-state index in [4.69, 9.17) is 11.6 Å². The molecule has 4 atom stereocenters. The van der Waals surface area contributed by atoms with E-state index >= 15 is 0 Å². The number of carbonyl (C=O) groups is 2. The van der Waals surface area contributed by atoms with Gasteiger partial charge < -0.3 is 4.90 Å². The van der Waals surface area contributed by atoms with E-state index in [2.05, 4.69) is 0 Å². The summed E-state index contributed by atoms with van der Waals surface area (Å²) in [6.07, 6.45) is 0.461. The summed E-state index contributed by atoms with van der Waals surface area (Å²) < 4.78 is 0. The van der Waals surface area contributed by atoms with Crippen molar-refractivity contribution in [3.8, 4) is 0 Å². The van der Waals surface area contributed by atoms with Crippen LogP contribution in [0.1, 0.15) is 27.2 Å². The molecule has 84 valence electrons. The third-order valence-electron chi connectivity index (χ3n) is 3.81. The molecular formula is C11H16ClNO2. The fraction of sp³-hybridized carbons (Fsp3) is 0.818. The summed E-state index contributed by atoms with van der Waals surface area (Å²) in [5.74, 6) is 0.610. The predicted octanol–water partition coefficient (Wildman–Crippen LogP) is 1.44. The van der Waals surface area contributed by atoms with Crippen LogP contribution in [0.2, 0.25) is 0 Å². The average molecular weight is 230 g/mol. The molecule has 15 heavy (non-hydrogen) atoms. The van der Waals surface area contributed by atoms with Gasteiger partial charge in [0.25, 0.3) is 0 Å². The van der Waals surface area contributed by atoms with Crippen molar-refractivity contribution in [3.63, 3.8) is 0 Å². The van der Waals surface area contributed by atoms with Gasteiger partial charge in [0, 0.05) is 24.8 Å². The molecule has 1 saturated carbocycles. The highest BCUT2D eigenvalue weighted by molar-refractivity contribution is 6.27. The molecular weight excluding hydrogens is 214 g/mol. The minimum absolute atomic E-state index is 0.0636. The molecule has 0 aromatic rings. The summed E-state index contributed by atoms with van der Waals surface area (Å²) >= 11 is 6.27. The lowest BCUT2D eigenvalue weighted by atomic mass is 10.1. The first kappa shape index (κ1) is 10.9. The van der Waals surface area contributed by atoms with Crippen LogP contribution in [0, 0.1) is 11.8 Å². The third kappa shape index (κ3) is 1.40. The lowest BCUT2D eigenvalue weighted by Gasteiger charge is -2.28. The van der Waals surface area contributed by atoms with Crippen LogP contribution in [0.5, 0.6) is 0 Å². The average Bonchev–Trinajstić information content (AvgIpc) is 2.60. The van der Waals surface area contributed by atoms with Gasteiger partial charge in [0.15, 0.2) is 5.78 Å². The van der Waals surface area contributed by atoms with Crippen molar-refractivity contribution in [3.05, 3.63) is 0 Å². The quantitative estimate of drug-likeness (QED) is 0.672. The number of rotatable bonds is 2. The molecule has 1 amide bonds. The van der Waals surface area contributed by atoms with Crippen molar-refractivity contribution in [2.24, 2.45) is 11.8 Å². The second-order valence-corrected chi connectivity index (χ2v) is 5.55. The van der Waals surface area contributed by atoms with Crippen LogP contribution in [0.15, 0.2) is 0 Å². The normalized spacial score (nSPS) is 42.7. The van der Waals surface area contributed by atoms with E-state index in [1.165, 1.54) is 0 Å². The number of hydrogen-bond acceptors (Lipinski definition) is 2. The third-order valence-corrected chi connectivity index (χ3v) is 4.34. The maximum absolute atomic E-state index is 11.6. The zero-order valence-corrected chi connectivity index (χ0v) is 10.0. The van der Waals surface area contributed by atoms with Gasteiger partial charge in [-0.2, -0.15) is 0 Å². The Morgan fingerprint density at radius 3 is 2.60 bits per heavy atom. The smallest absolute Gasteiger partial charge is 0.222 e. The summed E-state index contributed by atoms with van der Waals surface area (Å²) in [6.45, 7) is 5.99. The molecule has 1 saturated heterocycles. The lowest BCUT2D eigenvalue weighted by Crippen LogP contribution is -2.44. The van der Waals surface area contributed by atoms with Gasteiger partial charge in [-0.15, -0.1) is 11.6 Å². The molecule has 1 heterocycles. The molecule has 0 radical (unpaired) electrons. The lowest BCUT2D eigenvalue weighted by molar-refractivity contribution is -0.137. The standard InChI is InChI=1S/C11H16ClNO2/c1-4-8(15)13-5-7-9(11(7,3)12)10(13)6(2)14/h7,9-10H,4-5H2,1-3H3/t7-,9-,10+,11?/m0/s1. The highest BCUT2D eigenvalue weighted by Gasteiger charge is 2.70. The van der Waals surface area contributed by atoms with E-state index in [0.717, 1.165) is 0 Å². The molecule has 1 unspecified atom stereocenters. The van der Waals surface area contributed by atoms with Gasteiger partial charge in [0.1, 0.15) is 0 Å². The largest absolute Gasteiger partial charge is 0.332 e. The fourth-order valence-electron chi connectivity index (χ4n) is 2.87. The van der Waals surface area contributed by atoms with Crippen LogP contribution in [-0.4, -0.2) is 34.1 Å². The van der Waals surface area contributed by atoms with Crippen molar-refractivity contribution in [2.75, 3.05) is 6.54 Å². The van der Waals surface area contributed by atoms with Crippen LogP contribution < -0.4 is 0 Å². The number of halogens is 1. The maximum atomic E-state index is 11.6. The Hall–Kier alpha value is -0.570. The van der Waals surface area contributed by atoms with E-state index in [9.17, 15) is 9.59 Å². The molecule has 1 aliphatic carbocycles. The Balaban J connectivity index is 2.19. The van der Waals surface area contributed by atoms with Crippen LogP contribution >= 0.6 is 11.6 Å². The Morgan fingerprint density at radius 1 is 1.53 bits per heavy atom. The van der Waals surface area contributed by atoms with E-state index in [-0.39, 0.29) is 28.5 Å². The highest BCUT2D eigenvalue weighted by atomic mass is 35.5. The van der Waals surface area contributed by atoms with Crippen molar-refractivity contribution in [1.82, 2.24) is 4.90 Å². The minimum Gasteiger partial charge on any atom is -0.332 e. The summed E-state index contributed by atoms with van der Waals surface area (Å²) in [7, 11) is 0. The van der Waals surface area contributed by atoms with Crippen LogP contribution in [-0.2, 0) is 9.59 Å². The monoisotopic (exact) mass is 229 g/mol. The molecule has 2 rings (SSSR count). The first-order valence-electron chi connectivity index (χ1n) is 5.40. The Morgan fingerprint density at radius 2 is 2.13 bits per heavy atom. The van der Waals surface area contributed by atoms with Gasteiger partial charge in [-0.1, -0.05) is 6.92 Å². The van der Waals surface area contributed by atoms with Gasteiger partial charge in [0.05, 0.1) is 10.9 Å². The number of nitrogens with zero attached hydrogens (tertiary/aromatic N) is 1. The van der Waals surface area contributed by atoms with Crippen molar-refractivity contribution in [2.45, 2.75) is 38.1 Å². The van der Waals surface area contributed by atoms with Crippen molar-refractivity contribution < 1.29 is 9.59 Å². The topological polar surface area (TPSA) is 37.4 Å². The first-order valence-corrected chi connectivity index (χ1v) is 5.77. The van der Waals surface area contributed by atoms with Crippen LogP contribution in [0.3, 0.4) is 0 Å². The van der Waals surface area contributed by atoms with Crippen LogP contribution in [0.25, 0.3) is 0 Å². The van der Waals surface area contributed by atoms with E-state index in [1.54, 1.807) is 11.8 Å². The Bertz CT molecular complexity index is 327. The molecule has 0 aromatic heterocycles. The molecule has 2 fully saturated rings. The second kappa shape index (κ2) is 3.21. The number of amides is 1. The number of alkyl halides is 1. The van der Waals surface area contributed by atoms with Crippen LogP contribution in [0.4, 0.5) is 0 Å². The SMILES string of the molecule is CCC(=O)N1C[C@H]2[C@@H]([C@H]1C(C)=O)C2(C)Cl. The molecule has 4 heteroatoms. The predicted molar refractivity (Wildman–Crippen MR) is 57.7 cm³/mol. The molecule has 0 spiro atoms. The first-order chi connectivity index (χ1) is 6.91. The second-order valence-electron chi connectivity index (χ2n) is 4.74. The maximum Gasteiger partial charge on any atom is 0.222 e. The minimum atomic E-state index is -0.273. The van der Waals surface area contributed by atoms with Gasteiger partial charge in [0.2, 0.25) is 5.91 Å². The van der Waals surface area contributed by atoms with Gasteiger partial charge in [-0.3, -0.25) is 9.59 Å². The van der Waals surface area contributed by atoms with E-state index in [1.807, 2.05) is 13.8 Å². The number of piperidine rings is 1. The van der Waals surface area contributed by atoms with Crippen molar-refractivity contribution >= 4 is 23.3 Å². The Labute approximate surface area is 94.8 Å². The fourth-order valence-corrected chi connectivity index (χ4v) is 3.29. The number of fused-ring (bicyclic) bond motifs is 1. The molecule has 0 N–H and O–H groups in total. The zero-order chi connectivity index (χ0) is 11.4. The van der Waals surface area contributed by atoms with Gasteiger partial charge >= 0.3 is 0 Å². The van der Waals surface area contributed by atoms with Gasteiger partial charge in [-0.25, -0.2) is 0 Å². The van der Waals surface area contributed by atoms with E-state index in [0.29, 0.717) is 18.9 Å². The molecule has 1 aliphatic heterocycles. The highest BCUT2D eigenvalue weighted by Crippen LogP contribution is 2.62. The number of carbonyl (C=O) groups excluding carboxylic acids is 2. The number of Topliss-reactive ketones (excluding diaryl/α,β-unsaturated/α-hetero) is 1. The summed E-state index contributed by atoms with van der Waals surface area (Å²) in [4.78, 5) is 24.6. The molecule has 2 aliphatic rings. The zero-order valence-electron chi connectivity index (χ0n) is 9.29. The summed E-state index contributed by atoms with van der Waals surface area (Å²) in [6, 6.07) is -0.273. The molecule has 0 aromatic carbocycles.